The van der Waals surface area contributed by atoms with E-state index in [1.165, 1.54) is 36.4 Å². The Bertz CT molecular complexity index is 1110. The van der Waals surface area contributed by atoms with Crippen LogP contribution >= 0.6 is 11.6 Å². The Labute approximate surface area is 158 Å². The molecule has 1 atom stereocenters. The molecule has 0 aromatic heterocycles. The smallest absolute Gasteiger partial charge is 0.313 e. The van der Waals surface area contributed by atoms with Crippen LogP contribution in [-0.2, 0) is 29.5 Å². The van der Waals surface area contributed by atoms with Crippen LogP contribution in [0.4, 0.5) is 4.39 Å². The summed E-state index contributed by atoms with van der Waals surface area (Å²) in [7, 11) is -5.13. The van der Waals surface area contributed by atoms with Gasteiger partial charge in [0.2, 0.25) is 17.4 Å². The van der Waals surface area contributed by atoms with E-state index in [1.54, 1.807) is 6.07 Å². The minimum Gasteiger partial charge on any atom is -0.460 e. The number of hydrogen-bond donors (Lipinski definition) is 1. The lowest BCUT2D eigenvalue weighted by molar-refractivity contribution is -0.123. The van der Waals surface area contributed by atoms with Crippen LogP contribution in [0.15, 0.2) is 60.2 Å². The highest BCUT2D eigenvalue weighted by molar-refractivity contribution is 7.86. The topological polar surface area (TPSA) is 95.7 Å². The van der Waals surface area contributed by atoms with Crippen LogP contribution in [0.25, 0.3) is 0 Å². The van der Waals surface area contributed by atoms with Crippen molar-refractivity contribution >= 4 is 27.5 Å². The summed E-state index contributed by atoms with van der Waals surface area (Å²) in [6, 6.07) is 10.1. The Hall–Kier alpha value is -2.58. The van der Waals surface area contributed by atoms with Gasteiger partial charge < -0.3 is 14.7 Å². The minimum atomic E-state index is -5.13. The maximum Gasteiger partial charge on any atom is 0.313 e. The molecule has 0 amide bonds. The van der Waals surface area contributed by atoms with Crippen molar-refractivity contribution in [2.24, 2.45) is 5.73 Å². The van der Waals surface area contributed by atoms with Crippen molar-refractivity contribution in [1.82, 2.24) is 0 Å². The van der Waals surface area contributed by atoms with Gasteiger partial charge in [-0.1, -0.05) is 48.0 Å². The normalized spacial score (nSPS) is 22.4. The third-order valence-corrected chi connectivity index (χ3v) is 4.43. The quantitative estimate of drug-likeness (QED) is 0.775. The first-order chi connectivity index (χ1) is 13.4. The molecular weight excluding hydrogens is 385 g/mol. The van der Waals surface area contributed by atoms with E-state index in [-0.39, 0.29) is 10.6 Å². The van der Waals surface area contributed by atoms with Crippen LogP contribution in [0.1, 0.15) is 21.3 Å². The number of carbonyl (C=O) groups is 1. The lowest BCUT2D eigenvalue weighted by Crippen LogP contribution is -2.17. The Morgan fingerprint density at radius 3 is 2.62 bits per heavy atom. The van der Waals surface area contributed by atoms with E-state index in [1.807, 2.05) is 0 Å². The van der Waals surface area contributed by atoms with Crippen molar-refractivity contribution in [3.63, 3.8) is 0 Å². The number of hydrogen-bond acceptors (Lipinski definition) is 6. The maximum absolute atomic E-state index is 14.2. The number of Topliss-reactive ketones (excluding diaryl/α,β-unsaturated/α-hetero) is 1. The van der Waals surface area contributed by atoms with Gasteiger partial charge in [-0.25, -0.2) is 4.39 Å². The molecule has 2 N–H and O–H groups in total. The second-order valence-corrected chi connectivity index (χ2v) is 6.74. The molecule has 0 saturated carbocycles. The Balaban J connectivity index is 1.99. The third kappa shape index (κ3) is 3.66. The van der Waals surface area contributed by atoms with Crippen LogP contribution in [0, 0.1) is 5.82 Å². The SMILES string of the molecule is [2H]C([2H])(c1ccccc1)S(=O)(=O)OC1=C(N)O[C@@]([2H])(c2c(F)cccc2Cl)C1=O. The molecule has 0 aliphatic carbocycles. The van der Waals surface area contributed by atoms with Crippen LogP contribution in [0.3, 0.4) is 0 Å². The first-order valence-corrected chi connectivity index (χ1v) is 8.88. The van der Waals surface area contributed by atoms with E-state index in [0.29, 0.717) is 0 Å². The molecule has 0 bridgehead atoms. The van der Waals surface area contributed by atoms with E-state index in [4.69, 9.17) is 26.2 Å². The molecule has 136 valence electrons. The lowest BCUT2D eigenvalue weighted by atomic mass is 10.1. The number of ether oxygens (including phenoxy) is 1. The zero-order valence-corrected chi connectivity index (χ0v) is 14.5. The van der Waals surface area contributed by atoms with Gasteiger partial charge in [0.05, 0.1) is 14.7 Å². The van der Waals surface area contributed by atoms with Gasteiger partial charge in [-0.05, 0) is 17.7 Å². The fourth-order valence-corrected chi connectivity index (χ4v) is 3.25. The molecular formula is C17H13ClFNO5S. The van der Waals surface area contributed by atoms with Gasteiger partial charge in [0.25, 0.3) is 0 Å². The molecule has 6 nitrogen and oxygen atoms in total. The van der Waals surface area contributed by atoms with Crippen molar-refractivity contribution in [1.29, 1.82) is 0 Å². The van der Waals surface area contributed by atoms with Crippen LogP contribution in [0.2, 0.25) is 5.02 Å². The van der Waals surface area contributed by atoms with Crippen LogP contribution in [-0.4, -0.2) is 14.2 Å². The first kappa shape index (κ1) is 14.6. The summed E-state index contributed by atoms with van der Waals surface area (Å²) in [5, 5.41) is -0.329. The summed E-state index contributed by atoms with van der Waals surface area (Å²) in [5.41, 5.74) is 1.50. The molecule has 2 aromatic rings. The monoisotopic (exact) mass is 400 g/mol. The maximum atomic E-state index is 14.2. The molecule has 0 spiro atoms. The van der Waals surface area contributed by atoms with E-state index in [0.717, 1.165) is 6.07 Å². The van der Waals surface area contributed by atoms with Crippen LogP contribution in [0.5, 0.6) is 0 Å². The fraction of sp³-hybridized carbons (Fsp3) is 0.118. The second kappa shape index (κ2) is 6.97. The number of carbonyl (C=O) groups excluding carboxylic acids is 1. The molecule has 0 saturated heterocycles. The summed E-state index contributed by atoms with van der Waals surface area (Å²) in [4.78, 5) is 12.7. The van der Waals surface area contributed by atoms with Crippen molar-refractivity contribution < 1.29 is 30.6 Å². The standard InChI is InChI=1S/C17H13ClFNO5S/c18-11-7-4-8-12(19)13(11)15-14(21)16(17(20)24-15)25-26(22,23)9-10-5-2-1-3-6-10/h1-8,15H,9,20H2/t15-/m0/s1/i9D2,15D. The van der Waals surface area contributed by atoms with Gasteiger partial charge in [0.15, 0.2) is 6.08 Å². The van der Waals surface area contributed by atoms with Gasteiger partial charge in [0.1, 0.15) is 11.5 Å². The molecule has 0 radical (unpaired) electrons. The summed E-state index contributed by atoms with van der Waals surface area (Å²) < 4.78 is 72.8. The zero-order valence-electron chi connectivity index (χ0n) is 15.9. The van der Waals surface area contributed by atoms with Crippen molar-refractivity contribution in [3.05, 3.63) is 82.1 Å². The first-order valence-electron chi connectivity index (χ1n) is 8.59. The molecule has 1 aliphatic heterocycles. The number of ketones is 1. The predicted octanol–water partition coefficient (Wildman–Crippen LogP) is 2.79. The third-order valence-electron chi connectivity index (χ3n) is 3.25. The van der Waals surface area contributed by atoms with Crippen molar-refractivity contribution in [2.75, 3.05) is 0 Å². The molecule has 0 fully saturated rings. The number of rotatable bonds is 5. The number of halogens is 2. The van der Waals surface area contributed by atoms with Gasteiger partial charge in [-0.15, -0.1) is 0 Å². The fourth-order valence-electron chi connectivity index (χ4n) is 2.16. The predicted molar refractivity (Wildman–Crippen MR) is 91.6 cm³/mol. The van der Waals surface area contributed by atoms with E-state index in [9.17, 15) is 17.6 Å². The van der Waals surface area contributed by atoms with Gasteiger partial charge in [0, 0.05) is 0 Å². The highest BCUT2D eigenvalue weighted by Crippen LogP contribution is 2.37. The molecule has 1 aliphatic rings. The largest absolute Gasteiger partial charge is 0.460 e. The number of nitrogens with two attached hydrogens (primary N) is 1. The second-order valence-electron chi connectivity index (χ2n) is 5.06. The number of benzene rings is 2. The molecule has 0 unspecified atom stereocenters. The van der Waals surface area contributed by atoms with Crippen LogP contribution < -0.4 is 5.73 Å². The zero-order chi connectivity index (χ0) is 21.6. The van der Waals surface area contributed by atoms with Gasteiger partial charge in [-0.2, -0.15) is 8.42 Å². The molecule has 9 heteroatoms. The van der Waals surface area contributed by atoms with Gasteiger partial charge in [-0.3, -0.25) is 4.79 Å². The lowest BCUT2D eigenvalue weighted by Gasteiger charge is -2.12. The van der Waals surface area contributed by atoms with Crippen molar-refractivity contribution in [2.45, 2.75) is 11.8 Å². The summed E-state index contributed by atoms with van der Waals surface area (Å²) >= 11 is 5.88. The van der Waals surface area contributed by atoms with E-state index >= 15 is 0 Å². The molecule has 2 aromatic carbocycles. The highest BCUT2D eigenvalue weighted by atomic mass is 35.5. The minimum absolute atomic E-state index is 0.264. The summed E-state index contributed by atoms with van der Waals surface area (Å²) in [5.74, 6) is -4.57. The Morgan fingerprint density at radius 2 is 1.96 bits per heavy atom. The van der Waals surface area contributed by atoms with Gasteiger partial charge >= 0.3 is 10.1 Å². The summed E-state index contributed by atoms with van der Waals surface area (Å²) in [6.07, 6.45) is -2.84. The average molecular weight is 401 g/mol. The Morgan fingerprint density at radius 1 is 1.27 bits per heavy atom. The van der Waals surface area contributed by atoms with Crippen molar-refractivity contribution in [3.8, 4) is 0 Å². The highest BCUT2D eigenvalue weighted by Gasteiger charge is 2.41. The molecule has 26 heavy (non-hydrogen) atoms. The molecule has 1 heterocycles. The Kier molecular flexibility index (Phi) is 3.91. The van der Waals surface area contributed by atoms with E-state index in [2.05, 4.69) is 4.18 Å². The summed E-state index contributed by atoms with van der Waals surface area (Å²) in [6.45, 7) is 0. The molecule has 3 rings (SSSR count). The van der Waals surface area contributed by atoms with E-state index < -0.39 is 50.7 Å². The average Bonchev–Trinajstić information content (AvgIpc) is 2.85.